The lowest BCUT2D eigenvalue weighted by Crippen LogP contribution is -2.10. The van der Waals surface area contributed by atoms with Gasteiger partial charge < -0.3 is 9.09 Å². The van der Waals surface area contributed by atoms with Crippen LogP contribution < -0.4 is 0 Å². The van der Waals surface area contributed by atoms with E-state index in [0.717, 1.165) is 35.2 Å². The van der Waals surface area contributed by atoms with Crippen molar-refractivity contribution in [3.63, 3.8) is 0 Å². The molecule has 6 nitrogen and oxygen atoms in total. The Kier molecular flexibility index (Phi) is 5.69. The third kappa shape index (κ3) is 4.40. The van der Waals surface area contributed by atoms with Gasteiger partial charge in [-0.05, 0) is 24.3 Å². The van der Waals surface area contributed by atoms with Gasteiger partial charge in [0.25, 0.3) is 0 Å². The molecule has 0 N–H and O–H groups in total. The monoisotopic (exact) mass is 385 g/mol. The van der Waals surface area contributed by atoms with Gasteiger partial charge in [0, 0.05) is 19.0 Å². The molecule has 2 heterocycles. The number of thioether (sulfide) groups is 1. The van der Waals surface area contributed by atoms with Crippen LogP contribution >= 0.6 is 11.8 Å². The van der Waals surface area contributed by atoms with Gasteiger partial charge in [-0.3, -0.25) is 0 Å². The normalized spacial score (nSPS) is 13.1. The summed E-state index contributed by atoms with van der Waals surface area (Å²) in [5.74, 6) is 2.24. The molecule has 144 valence electrons. The minimum atomic E-state index is 0.0159. The van der Waals surface area contributed by atoms with Crippen molar-refractivity contribution >= 4 is 11.8 Å². The van der Waals surface area contributed by atoms with Crippen LogP contribution in [0, 0.1) is 0 Å². The SMILES string of the molecule is CCCc1noc(C(C)Sc2nnc(-c3ccc(C(C)(C)C)cc3)n2C)n1. The maximum Gasteiger partial charge on any atom is 0.239 e. The predicted molar refractivity (Wildman–Crippen MR) is 108 cm³/mol. The van der Waals surface area contributed by atoms with Gasteiger partial charge in [-0.1, -0.05) is 68.9 Å². The van der Waals surface area contributed by atoms with Crippen molar-refractivity contribution in [1.82, 2.24) is 24.9 Å². The summed E-state index contributed by atoms with van der Waals surface area (Å²) in [5, 5.41) is 13.6. The summed E-state index contributed by atoms with van der Waals surface area (Å²) in [6.45, 7) is 10.8. The zero-order chi connectivity index (χ0) is 19.6. The molecule has 0 aliphatic carbocycles. The molecule has 0 saturated heterocycles. The van der Waals surface area contributed by atoms with Gasteiger partial charge in [0.2, 0.25) is 5.89 Å². The number of nitrogens with zero attached hydrogens (tertiary/aromatic N) is 5. The second kappa shape index (κ2) is 7.84. The minimum absolute atomic E-state index is 0.0159. The number of hydrogen-bond acceptors (Lipinski definition) is 6. The third-order valence-electron chi connectivity index (χ3n) is 4.43. The van der Waals surface area contributed by atoms with E-state index in [0.29, 0.717) is 5.89 Å². The number of hydrogen-bond donors (Lipinski definition) is 0. The largest absolute Gasteiger partial charge is 0.338 e. The average Bonchev–Trinajstić information content (AvgIpc) is 3.22. The highest BCUT2D eigenvalue weighted by Gasteiger charge is 2.20. The van der Waals surface area contributed by atoms with Crippen LogP contribution in [0.3, 0.4) is 0 Å². The first kappa shape index (κ1) is 19.6. The molecule has 0 spiro atoms. The molecule has 2 aromatic heterocycles. The van der Waals surface area contributed by atoms with Gasteiger partial charge >= 0.3 is 0 Å². The van der Waals surface area contributed by atoms with E-state index in [2.05, 4.69) is 72.3 Å². The lowest BCUT2D eigenvalue weighted by atomic mass is 9.87. The Morgan fingerprint density at radius 3 is 2.48 bits per heavy atom. The summed E-state index contributed by atoms with van der Waals surface area (Å²) in [6.07, 6.45) is 1.83. The van der Waals surface area contributed by atoms with Gasteiger partial charge in [-0.25, -0.2) is 0 Å². The molecular weight excluding hydrogens is 358 g/mol. The van der Waals surface area contributed by atoms with Crippen LogP contribution in [0.5, 0.6) is 0 Å². The van der Waals surface area contributed by atoms with Crippen LogP contribution in [0.15, 0.2) is 33.9 Å². The summed E-state index contributed by atoms with van der Waals surface area (Å²) in [4.78, 5) is 4.47. The third-order valence-corrected chi connectivity index (χ3v) is 5.55. The first-order valence-electron chi connectivity index (χ1n) is 9.29. The molecule has 7 heteroatoms. The van der Waals surface area contributed by atoms with Crippen LogP contribution in [-0.4, -0.2) is 24.9 Å². The number of aryl methyl sites for hydroxylation is 1. The fourth-order valence-electron chi connectivity index (χ4n) is 2.75. The quantitative estimate of drug-likeness (QED) is 0.558. The van der Waals surface area contributed by atoms with Crippen molar-refractivity contribution in [3.8, 4) is 11.4 Å². The van der Waals surface area contributed by atoms with Crippen molar-refractivity contribution < 1.29 is 4.52 Å². The molecule has 3 rings (SSSR count). The van der Waals surface area contributed by atoms with Crippen LogP contribution in [0.4, 0.5) is 0 Å². The van der Waals surface area contributed by atoms with Gasteiger partial charge in [0.15, 0.2) is 16.8 Å². The summed E-state index contributed by atoms with van der Waals surface area (Å²) in [7, 11) is 1.98. The molecule has 0 aliphatic rings. The van der Waals surface area contributed by atoms with E-state index >= 15 is 0 Å². The zero-order valence-corrected chi connectivity index (χ0v) is 17.7. The highest BCUT2D eigenvalue weighted by atomic mass is 32.2. The van der Waals surface area contributed by atoms with E-state index in [9.17, 15) is 0 Å². The standard InChI is InChI=1S/C20H27N5OS/c1-7-8-16-21-18(26-24-16)13(2)27-19-23-22-17(25(19)6)14-9-11-15(12-10-14)20(3,4)5/h9-13H,7-8H2,1-6H3. The summed E-state index contributed by atoms with van der Waals surface area (Å²) in [5.41, 5.74) is 2.49. The molecule has 1 unspecified atom stereocenters. The van der Waals surface area contributed by atoms with Gasteiger partial charge in [-0.15, -0.1) is 10.2 Å². The molecule has 1 aromatic carbocycles. The number of benzene rings is 1. The van der Waals surface area contributed by atoms with Gasteiger partial charge in [0.1, 0.15) is 0 Å². The van der Waals surface area contributed by atoms with Crippen molar-refractivity contribution in [3.05, 3.63) is 41.5 Å². The molecule has 0 radical (unpaired) electrons. The second-order valence-corrected chi connectivity index (χ2v) is 9.06. The van der Waals surface area contributed by atoms with Crippen LogP contribution in [0.25, 0.3) is 11.4 Å². The first-order valence-corrected chi connectivity index (χ1v) is 10.2. The summed E-state index contributed by atoms with van der Waals surface area (Å²) >= 11 is 1.57. The summed E-state index contributed by atoms with van der Waals surface area (Å²) in [6, 6.07) is 8.54. The van der Waals surface area contributed by atoms with Gasteiger partial charge in [-0.2, -0.15) is 4.98 Å². The Bertz CT molecular complexity index is 892. The molecule has 1 atom stereocenters. The highest BCUT2D eigenvalue weighted by molar-refractivity contribution is 7.99. The van der Waals surface area contributed by atoms with Crippen molar-refractivity contribution in [2.45, 2.75) is 63.3 Å². The maximum atomic E-state index is 5.39. The van der Waals surface area contributed by atoms with Crippen molar-refractivity contribution in [2.24, 2.45) is 7.05 Å². The lowest BCUT2D eigenvalue weighted by Gasteiger charge is -2.19. The van der Waals surface area contributed by atoms with Gasteiger partial charge in [0.05, 0.1) is 5.25 Å². The molecular formula is C20H27N5OS. The minimum Gasteiger partial charge on any atom is -0.338 e. The van der Waals surface area contributed by atoms with Crippen LogP contribution in [0.2, 0.25) is 0 Å². The Labute approximate surface area is 164 Å². The molecule has 0 fully saturated rings. The predicted octanol–water partition coefficient (Wildman–Crippen LogP) is 4.97. The summed E-state index contributed by atoms with van der Waals surface area (Å²) < 4.78 is 7.40. The van der Waals surface area contributed by atoms with E-state index in [-0.39, 0.29) is 10.7 Å². The number of rotatable bonds is 6. The Balaban J connectivity index is 1.76. The van der Waals surface area contributed by atoms with E-state index in [1.54, 1.807) is 11.8 Å². The average molecular weight is 386 g/mol. The van der Waals surface area contributed by atoms with E-state index in [1.165, 1.54) is 5.56 Å². The lowest BCUT2D eigenvalue weighted by molar-refractivity contribution is 0.374. The first-order chi connectivity index (χ1) is 12.8. The Hall–Kier alpha value is -2.15. The molecule has 0 amide bonds. The molecule has 27 heavy (non-hydrogen) atoms. The molecule has 0 bridgehead atoms. The fourth-order valence-corrected chi connectivity index (χ4v) is 3.60. The zero-order valence-electron chi connectivity index (χ0n) is 16.9. The fraction of sp³-hybridized carbons (Fsp3) is 0.500. The smallest absolute Gasteiger partial charge is 0.239 e. The van der Waals surface area contributed by atoms with E-state index in [1.807, 2.05) is 18.5 Å². The highest BCUT2D eigenvalue weighted by Crippen LogP contribution is 2.34. The maximum absolute atomic E-state index is 5.39. The van der Waals surface area contributed by atoms with Crippen molar-refractivity contribution in [2.75, 3.05) is 0 Å². The molecule has 0 aliphatic heterocycles. The molecule has 3 aromatic rings. The Morgan fingerprint density at radius 2 is 1.85 bits per heavy atom. The second-order valence-electron chi connectivity index (χ2n) is 7.75. The molecule has 0 saturated carbocycles. The van der Waals surface area contributed by atoms with Crippen LogP contribution in [0.1, 0.15) is 63.6 Å². The Morgan fingerprint density at radius 1 is 1.15 bits per heavy atom. The van der Waals surface area contributed by atoms with Crippen LogP contribution in [-0.2, 0) is 18.9 Å². The van der Waals surface area contributed by atoms with Crippen molar-refractivity contribution in [1.29, 1.82) is 0 Å². The number of aromatic nitrogens is 5. The van der Waals surface area contributed by atoms with E-state index < -0.39 is 0 Å². The van der Waals surface area contributed by atoms with E-state index in [4.69, 9.17) is 4.52 Å². The topological polar surface area (TPSA) is 69.6 Å².